The lowest BCUT2D eigenvalue weighted by Crippen LogP contribution is -2.44. The number of carbonyl (C=O) groups excluding carboxylic acids is 1. The number of rotatable bonds is 8. The highest BCUT2D eigenvalue weighted by molar-refractivity contribution is 5.81. The fraction of sp³-hybridized carbons (Fsp3) is 0.296. The molecule has 0 aliphatic carbocycles. The highest BCUT2D eigenvalue weighted by Gasteiger charge is 2.36. The molecule has 1 aliphatic rings. The maximum absolute atomic E-state index is 14.4. The first-order chi connectivity index (χ1) is 16.4. The molecule has 34 heavy (non-hydrogen) atoms. The van der Waals surface area contributed by atoms with Gasteiger partial charge in [0, 0.05) is 18.7 Å². The van der Waals surface area contributed by atoms with E-state index in [1.807, 2.05) is 42.5 Å². The maximum Gasteiger partial charge on any atom is 0.239 e. The number of halogens is 2. The monoisotopic (exact) mass is 466 g/mol. The van der Waals surface area contributed by atoms with Gasteiger partial charge >= 0.3 is 0 Å². The van der Waals surface area contributed by atoms with Gasteiger partial charge in [0.05, 0.1) is 14.2 Å². The van der Waals surface area contributed by atoms with Gasteiger partial charge in [-0.3, -0.25) is 9.69 Å². The van der Waals surface area contributed by atoms with Gasteiger partial charge in [0.2, 0.25) is 5.91 Å². The number of benzene rings is 3. The first-order valence-corrected chi connectivity index (χ1v) is 11.2. The summed E-state index contributed by atoms with van der Waals surface area (Å²) in [5, 5.41) is 0. The minimum absolute atomic E-state index is 0.245. The molecule has 2 N–H and O–H groups in total. The van der Waals surface area contributed by atoms with E-state index in [9.17, 15) is 13.6 Å². The van der Waals surface area contributed by atoms with E-state index in [1.54, 1.807) is 14.2 Å². The van der Waals surface area contributed by atoms with Gasteiger partial charge in [-0.05, 0) is 59.7 Å². The molecule has 7 heteroatoms. The Balaban J connectivity index is 1.76. The Bertz CT molecular complexity index is 1170. The summed E-state index contributed by atoms with van der Waals surface area (Å²) in [7, 11) is 3.16. The van der Waals surface area contributed by atoms with Gasteiger partial charge in [-0.2, -0.15) is 0 Å². The number of hydrogen-bond donors (Lipinski definition) is 1. The van der Waals surface area contributed by atoms with Crippen molar-refractivity contribution in [2.24, 2.45) is 5.73 Å². The largest absolute Gasteiger partial charge is 0.493 e. The molecule has 0 radical (unpaired) electrons. The molecule has 0 saturated carbocycles. The van der Waals surface area contributed by atoms with Crippen LogP contribution < -0.4 is 15.2 Å². The van der Waals surface area contributed by atoms with Crippen molar-refractivity contribution in [3.63, 3.8) is 0 Å². The fourth-order valence-electron chi connectivity index (χ4n) is 4.85. The topological polar surface area (TPSA) is 64.8 Å². The van der Waals surface area contributed by atoms with E-state index in [0.717, 1.165) is 22.8 Å². The molecule has 2 unspecified atom stereocenters. The van der Waals surface area contributed by atoms with Gasteiger partial charge in [0.1, 0.15) is 17.7 Å². The van der Waals surface area contributed by atoms with E-state index >= 15 is 0 Å². The third-order valence-corrected chi connectivity index (χ3v) is 6.46. The number of ether oxygens (including phenoxy) is 2. The zero-order valence-corrected chi connectivity index (χ0v) is 19.3. The molecule has 1 amide bonds. The zero-order valence-electron chi connectivity index (χ0n) is 19.3. The first kappa shape index (κ1) is 23.7. The quantitative estimate of drug-likeness (QED) is 0.521. The first-order valence-electron chi connectivity index (χ1n) is 11.2. The summed E-state index contributed by atoms with van der Waals surface area (Å²) >= 11 is 0. The van der Waals surface area contributed by atoms with Crippen molar-refractivity contribution in [3.8, 4) is 11.5 Å². The molecular weight excluding hydrogens is 438 g/mol. The molecule has 0 bridgehead atoms. The van der Waals surface area contributed by atoms with Crippen LogP contribution in [-0.4, -0.2) is 31.6 Å². The van der Waals surface area contributed by atoms with Crippen LogP contribution in [0.15, 0.2) is 60.7 Å². The number of methoxy groups -OCH3 is 2. The summed E-state index contributed by atoms with van der Waals surface area (Å²) in [5.41, 5.74) is 9.19. The Kier molecular flexibility index (Phi) is 7.12. The third-order valence-electron chi connectivity index (χ3n) is 6.46. The Labute approximate surface area is 198 Å². The zero-order chi connectivity index (χ0) is 24.2. The lowest BCUT2D eigenvalue weighted by molar-refractivity contribution is -0.124. The molecule has 0 aromatic heterocycles. The molecule has 0 fully saturated rings. The number of amides is 1. The smallest absolute Gasteiger partial charge is 0.239 e. The van der Waals surface area contributed by atoms with Crippen molar-refractivity contribution in [1.29, 1.82) is 0 Å². The second-order valence-electron chi connectivity index (χ2n) is 8.40. The number of primary amides is 1. The SMILES string of the molecule is COc1cc2c(cc1OC)C(CCc1ccc(F)cc1F)N(C(C(N)=O)c1ccccc1)CC2. The second-order valence-corrected chi connectivity index (χ2v) is 8.40. The van der Waals surface area contributed by atoms with E-state index in [1.165, 1.54) is 12.1 Å². The van der Waals surface area contributed by atoms with Crippen LogP contribution >= 0.6 is 0 Å². The molecule has 178 valence electrons. The van der Waals surface area contributed by atoms with Crippen LogP contribution in [-0.2, 0) is 17.6 Å². The fourth-order valence-corrected chi connectivity index (χ4v) is 4.85. The number of nitrogens with zero attached hydrogens (tertiary/aromatic N) is 1. The minimum atomic E-state index is -0.648. The van der Waals surface area contributed by atoms with Crippen LogP contribution in [0.2, 0.25) is 0 Å². The lowest BCUT2D eigenvalue weighted by atomic mass is 9.86. The summed E-state index contributed by atoms with van der Waals surface area (Å²) in [6.45, 7) is 0.585. The van der Waals surface area contributed by atoms with Gasteiger partial charge in [-0.25, -0.2) is 8.78 Å². The van der Waals surface area contributed by atoms with Crippen LogP contribution in [0.25, 0.3) is 0 Å². The summed E-state index contributed by atoms with van der Waals surface area (Å²) in [4.78, 5) is 14.8. The van der Waals surface area contributed by atoms with Crippen molar-refractivity contribution in [2.75, 3.05) is 20.8 Å². The molecule has 1 aliphatic heterocycles. The van der Waals surface area contributed by atoms with Gasteiger partial charge in [-0.1, -0.05) is 36.4 Å². The summed E-state index contributed by atoms with van der Waals surface area (Å²) in [6.07, 6.45) is 1.55. The van der Waals surface area contributed by atoms with Crippen molar-refractivity contribution in [1.82, 2.24) is 4.90 Å². The Morgan fingerprint density at radius 2 is 1.76 bits per heavy atom. The van der Waals surface area contributed by atoms with Crippen LogP contribution in [0.4, 0.5) is 8.78 Å². The summed E-state index contributed by atoms with van der Waals surface area (Å²) < 4.78 is 38.8. The van der Waals surface area contributed by atoms with E-state index < -0.39 is 23.6 Å². The normalized spacial score (nSPS) is 16.5. The van der Waals surface area contributed by atoms with E-state index in [4.69, 9.17) is 15.2 Å². The van der Waals surface area contributed by atoms with Crippen molar-refractivity contribution < 1.29 is 23.0 Å². The highest BCUT2D eigenvalue weighted by atomic mass is 19.1. The summed E-state index contributed by atoms with van der Waals surface area (Å²) in [6, 6.07) is 16.0. The number of aryl methyl sites for hydroxylation is 1. The van der Waals surface area contributed by atoms with Crippen LogP contribution in [0.3, 0.4) is 0 Å². The predicted octanol–water partition coefficient (Wildman–Crippen LogP) is 4.74. The Morgan fingerprint density at radius 1 is 1.06 bits per heavy atom. The molecular formula is C27H28F2N2O3. The van der Waals surface area contributed by atoms with E-state index in [2.05, 4.69) is 4.90 Å². The minimum Gasteiger partial charge on any atom is -0.493 e. The van der Waals surface area contributed by atoms with Gasteiger partial charge in [-0.15, -0.1) is 0 Å². The number of hydrogen-bond acceptors (Lipinski definition) is 4. The van der Waals surface area contributed by atoms with Crippen molar-refractivity contribution >= 4 is 5.91 Å². The van der Waals surface area contributed by atoms with E-state index in [0.29, 0.717) is 42.9 Å². The number of nitrogens with two attached hydrogens (primary N) is 1. The van der Waals surface area contributed by atoms with Crippen LogP contribution in [0.5, 0.6) is 11.5 Å². The molecule has 2 atom stereocenters. The lowest BCUT2D eigenvalue weighted by Gasteiger charge is -2.41. The number of fused-ring (bicyclic) bond motifs is 1. The molecule has 3 aromatic rings. The highest BCUT2D eigenvalue weighted by Crippen LogP contribution is 2.43. The summed E-state index contributed by atoms with van der Waals surface area (Å²) in [5.74, 6) is -0.429. The molecule has 4 rings (SSSR count). The molecule has 0 spiro atoms. The molecule has 0 saturated heterocycles. The molecule has 1 heterocycles. The van der Waals surface area contributed by atoms with Gasteiger partial charge < -0.3 is 15.2 Å². The van der Waals surface area contributed by atoms with Crippen molar-refractivity contribution in [3.05, 3.63) is 94.6 Å². The molecule has 5 nitrogen and oxygen atoms in total. The Hall–Kier alpha value is -3.45. The van der Waals surface area contributed by atoms with Crippen LogP contribution in [0.1, 0.15) is 40.8 Å². The standard InChI is InChI=1S/C27H28F2N2O3/c1-33-24-14-19-12-13-31(26(27(30)32)18-6-4-3-5-7-18)23(21(19)16-25(24)34-2)11-9-17-8-10-20(28)15-22(17)29/h3-8,10,14-16,23,26H,9,11-13H2,1-2H3,(H2,30,32). The Morgan fingerprint density at radius 3 is 2.41 bits per heavy atom. The average Bonchev–Trinajstić information content (AvgIpc) is 2.83. The number of carbonyl (C=O) groups is 1. The maximum atomic E-state index is 14.4. The van der Waals surface area contributed by atoms with E-state index in [-0.39, 0.29) is 6.04 Å². The van der Waals surface area contributed by atoms with Crippen molar-refractivity contribution in [2.45, 2.75) is 31.3 Å². The predicted molar refractivity (Wildman–Crippen MR) is 126 cm³/mol. The molecule has 3 aromatic carbocycles. The van der Waals surface area contributed by atoms with Gasteiger partial charge in [0.15, 0.2) is 11.5 Å². The second kappa shape index (κ2) is 10.2. The van der Waals surface area contributed by atoms with Crippen LogP contribution in [0, 0.1) is 11.6 Å². The van der Waals surface area contributed by atoms with Gasteiger partial charge in [0.25, 0.3) is 0 Å². The third kappa shape index (κ3) is 4.75. The average molecular weight is 467 g/mol.